The van der Waals surface area contributed by atoms with Gasteiger partial charge in [0.2, 0.25) is 0 Å². The van der Waals surface area contributed by atoms with Crippen molar-refractivity contribution in [2.45, 2.75) is 6.42 Å². The summed E-state index contributed by atoms with van der Waals surface area (Å²) >= 11 is 14.8. The van der Waals surface area contributed by atoms with E-state index in [0.717, 1.165) is 35.7 Å². The summed E-state index contributed by atoms with van der Waals surface area (Å²) < 4.78 is 3.07. The summed E-state index contributed by atoms with van der Waals surface area (Å²) in [6, 6.07) is 13.8. The van der Waals surface area contributed by atoms with Crippen LogP contribution in [0.25, 0.3) is 16.9 Å². The first kappa shape index (κ1) is 15.3. The van der Waals surface area contributed by atoms with Crippen LogP contribution in [0.15, 0.2) is 42.5 Å². The van der Waals surface area contributed by atoms with Gasteiger partial charge in [-0.1, -0.05) is 35.3 Å². The monoisotopic (exact) mass is 455 g/mol. The van der Waals surface area contributed by atoms with Crippen LogP contribution in [0.1, 0.15) is 5.56 Å². The summed E-state index contributed by atoms with van der Waals surface area (Å²) in [4.78, 5) is 0. The summed E-state index contributed by atoms with van der Waals surface area (Å²) in [5.41, 5.74) is 4.13. The Hall–Kier alpha value is -1.24. The average Bonchev–Trinajstić information content (AvgIpc) is 3.13. The van der Waals surface area contributed by atoms with Crippen LogP contribution in [-0.2, 0) is 6.42 Å². The molecular weight excluding hydrogens is 444 g/mol. The predicted molar refractivity (Wildman–Crippen MR) is 104 cm³/mol. The second kappa shape index (κ2) is 6.00. The van der Waals surface area contributed by atoms with Crippen molar-refractivity contribution in [2.75, 3.05) is 11.9 Å². The Morgan fingerprint density at radius 2 is 1.87 bits per heavy atom. The van der Waals surface area contributed by atoms with Crippen LogP contribution in [0.3, 0.4) is 0 Å². The molecule has 0 bridgehead atoms. The minimum absolute atomic E-state index is 0.627. The highest BCUT2D eigenvalue weighted by Crippen LogP contribution is 2.36. The van der Waals surface area contributed by atoms with Crippen LogP contribution in [0.2, 0.25) is 10.0 Å². The second-order valence-electron chi connectivity index (χ2n) is 5.37. The number of anilines is 1. The van der Waals surface area contributed by atoms with Crippen molar-refractivity contribution in [3.63, 3.8) is 0 Å². The third kappa shape index (κ3) is 2.73. The van der Waals surface area contributed by atoms with E-state index < -0.39 is 0 Å². The molecule has 3 nitrogen and oxygen atoms in total. The molecular formula is C17H12Cl2IN3. The van der Waals surface area contributed by atoms with Gasteiger partial charge in [-0.2, -0.15) is 5.10 Å². The zero-order valence-corrected chi connectivity index (χ0v) is 15.7. The summed E-state index contributed by atoms with van der Waals surface area (Å²) in [6.45, 7) is 0.905. The molecule has 23 heavy (non-hydrogen) atoms. The fraction of sp³-hybridized carbons (Fsp3) is 0.118. The molecule has 1 N–H and O–H groups in total. The highest BCUT2D eigenvalue weighted by atomic mass is 127. The van der Waals surface area contributed by atoms with Crippen LogP contribution in [0.4, 0.5) is 5.82 Å². The average molecular weight is 456 g/mol. The quantitative estimate of drug-likeness (QED) is 0.523. The molecule has 3 aromatic rings. The smallest absolute Gasteiger partial charge is 0.133 e. The zero-order valence-electron chi connectivity index (χ0n) is 12.0. The summed E-state index contributed by atoms with van der Waals surface area (Å²) in [6.07, 6.45) is 0.953. The van der Waals surface area contributed by atoms with E-state index in [9.17, 15) is 0 Å². The zero-order chi connectivity index (χ0) is 16.0. The molecule has 2 heterocycles. The number of benzene rings is 2. The standard InChI is InChI=1S/C17H12Cl2IN3/c18-11-3-6-14(19)15(9-11)23-17-13(7-8-21-17)16(22-23)10-1-4-12(20)5-2-10/h1-6,9,21H,7-8H2. The molecule has 0 unspecified atom stereocenters. The molecule has 1 aromatic heterocycles. The molecule has 0 radical (unpaired) electrons. The van der Waals surface area contributed by atoms with Gasteiger partial charge >= 0.3 is 0 Å². The first-order valence-corrected chi connectivity index (χ1v) is 9.04. The van der Waals surface area contributed by atoms with Gasteiger partial charge < -0.3 is 5.32 Å². The number of rotatable bonds is 2. The van der Waals surface area contributed by atoms with Gasteiger partial charge in [-0.25, -0.2) is 4.68 Å². The summed E-state index contributed by atoms with van der Waals surface area (Å²) in [5.74, 6) is 1.00. The lowest BCUT2D eigenvalue weighted by atomic mass is 10.1. The molecule has 0 amide bonds. The van der Waals surface area contributed by atoms with E-state index in [1.165, 1.54) is 9.13 Å². The lowest BCUT2D eigenvalue weighted by molar-refractivity contribution is 0.882. The topological polar surface area (TPSA) is 29.9 Å². The Morgan fingerprint density at radius 1 is 1.09 bits per heavy atom. The van der Waals surface area contributed by atoms with Crippen LogP contribution in [0, 0.1) is 3.57 Å². The lowest BCUT2D eigenvalue weighted by Crippen LogP contribution is -2.04. The minimum atomic E-state index is 0.627. The van der Waals surface area contributed by atoms with E-state index >= 15 is 0 Å². The number of nitrogens with one attached hydrogen (secondary N) is 1. The van der Waals surface area contributed by atoms with E-state index in [0.29, 0.717) is 10.0 Å². The van der Waals surface area contributed by atoms with Crippen molar-refractivity contribution in [2.24, 2.45) is 0 Å². The highest BCUT2D eigenvalue weighted by molar-refractivity contribution is 14.1. The number of aromatic nitrogens is 2. The van der Waals surface area contributed by atoms with Crippen molar-refractivity contribution in [1.29, 1.82) is 0 Å². The maximum Gasteiger partial charge on any atom is 0.133 e. The maximum atomic E-state index is 6.36. The Bertz CT molecular complexity index is 888. The van der Waals surface area contributed by atoms with Gasteiger partial charge in [-0.15, -0.1) is 0 Å². The second-order valence-corrected chi connectivity index (χ2v) is 7.46. The van der Waals surface area contributed by atoms with Gasteiger partial charge in [0.25, 0.3) is 0 Å². The lowest BCUT2D eigenvalue weighted by Gasteiger charge is -2.08. The number of fused-ring (bicyclic) bond motifs is 1. The Balaban J connectivity index is 1.91. The van der Waals surface area contributed by atoms with E-state index in [1.54, 1.807) is 12.1 Å². The van der Waals surface area contributed by atoms with Gasteiger partial charge in [0.1, 0.15) is 5.82 Å². The van der Waals surface area contributed by atoms with Crippen molar-refractivity contribution in [3.8, 4) is 16.9 Å². The highest BCUT2D eigenvalue weighted by Gasteiger charge is 2.24. The molecule has 6 heteroatoms. The van der Waals surface area contributed by atoms with Gasteiger partial charge in [0.05, 0.1) is 16.4 Å². The Kier molecular flexibility index (Phi) is 3.99. The number of halogens is 3. The van der Waals surface area contributed by atoms with Crippen LogP contribution >= 0.6 is 45.8 Å². The van der Waals surface area contributed by atoms with Crippen LogP contribution in [-0.4, -0.2) is 16.3 Å². The first-order chi connectivity index (χ1) is 11.1. The number of nitrogens with zero attached hydrogens (tertiary/aromatic N) is 2. The van der Waals surface area contributed by atoms with Crippen molar-refractivity contribution in [1.82, 2.24) is 9.78 Å². The molecule has 1 aliphatic rings. The molecule has 0 fully saturated rings. The minimum Gasteiger partial charge on any atom is -0.369 e. The SMILES string of the molecule is Clc1ccc(Cl)c(-n2nc(-c3ccc(I)cc3)c3c2NCC3)c1. The Morgan fingerprint density at radius 3 is 2.65 bits per heavy atom. The molecule has 0 spiro atoms. The van der Waals surface area contributed by atoms with E-state index in [-0.39, 0.29) is 0 Å². The van der Waals surface area contributed by atoms with Crippen LogP contribution < -0.4 is 5.32 Å². The van der Waals surface area contributed by atoms with E-state index in [4.69, 9.17) is 28.3 Å². The molecule has 1 aliphatic heterocycles. The Labute approximate surface area is 157 Å². The number of hydrogen-bond donors (Lipinski definition) is 1. The van der Waals surface area contributed by atoms with Gasteiger partial charge in [0, 0.05) is 26.3 Å². The molecule has 0 saturated heterocycles. The predicted octanol–water partition coefficient (Wildman–Crippen LogP) is 5.42. The van der Waals surface area contributed by atoms with Gasteiger partial charge in [-0.3, -0.25) is 0 Å². The molecule has 116 valence electrons. The summed E-state index contributed by atoms with van der Waals surface area (Å²) in [7, 11) is 0. The maximum absolute atomic E-state index is 6.36. The van der Waals surface area contributed by atoms with Crippen molar-refractivity contribution in [3.05, 3.63) is 61.6 Å². The third-order valence-corrected chi connectivity index (χ3v) is 5.18. The van der Waals surface area contributed by atoms with E-state index in [1.807, 2.05) is 10.7 Å². The van der Waals surface area contributed by atoms with E-state index in [2.05, 4.69) is 52.2 Å². The molecule has 0 saturated carbocycles. The third-order valence-electron chi connectivity index (χ3n) is 3.90. The molecule has 0 aliphatic carbocycles. The number of hydrogen-bond acceptors (Lipinski definition) is 2. The normalized spacial score (nSPS) is 13.0. The fourth-order valence-electron chi connectivity index (χ4n) is 2.84. The first-order valence-electron chi connectivity index (χ1n) is 7.20. The van der Waals surface area contributed by atoms with Gasteiger partial charge in [0.15, 0.2) is 0 Å². The van der Waals surface area contributed by atoms with Crippen LogP contribution in [0.5, 0.6) is 0 Å². The molecule has 0 atom stereocenters. The fourth-order valence-corrected chi connectivity index (χ4v) is 3.56. The van der Waals surface area contributed by atoms with Gasteiger partial charge in [-0.05, 0) is 59.3 Å². The largest absolute Gasteiger partial charge is 0.369 e. The summed E-state index contributed by atoms with van der Waals surface area (Å²) in [5, 5.41) is 9.49. The molecule has 4 rings (SSSR count). The molecule has 2 aromatic carbocycles. The van der Waals surface area contributed by atoms with Crippen molar-refractivity contribution < 1.29 is 0 Å². The van der Waals surface area contributed by atoms with Crippen molar-refractivity contribution >= 4 is 51.6 Å².